The van der Waals surface area contributed by atoms with Crippen molar-refractivity contribution >= 4 is 11.6 Å². The van der Waals surface area contributed by atoms with Gasteiger partial charge in [0, 0.05) is 14.1 Å². The molecule has 1 unspecified atom stereocenters. The van der Waals surface area contributed by atoms with Gasteiger partial charge in [-0.2, -0.15) is 0 Å². The molecule has 0 radical (unpaired) electrons. The minimum absolute atomic E-state index is 0.0568. The molecule has 0 aromatic carbocycles. The Morgan fingerprint density at radius 1 is 1.43 bits per heavy atom. The van der Waals surface area contributed by atoms with Crippen LogP contribution in [0.3, 0.4) is 0 Å². The minimum Gasteiger partial charge on any atom is -0.309 e. The van der Waals surface area contributed by atoms with E-state index in [4.69, 9.17) is 11.6 Å². The lowest BCUT2D eigenvalue weighted by molar-refractivity contribution is 0.594. The summed E-state index contributed by atoms with van der Waals surface area (Å²) in [6.45, 7) is 1.00. The Morgan fingerprint density at radius 2 is 2.14 bits per heavy atom. The van der Waals surface area contributed by atoms with E-state index in [0.29, 0.717) is 5.15 Å². The molecule has 0 spiro atoms. The van der Waals surface area contributed by atoms with Crippen molar-refractivity contribution in [3.63, 3.8) is 0 Å². The summed E-state index contributed by atoms with van der Waals surface area (Å²) < 4.78 is 3.11. The van der Waals surface area contributed by atoms with Gasteiger partial charge in [-0.25, -0.2) is 4.79 Å². The van der Waals surface area contributed by atoms with Gasteiger partial charge in [0.15, 0.2) is 0 Å². The van der Waals surface area contributed by atoms with E-state index in [1.54, 1.807) is 18.7 Å². The number of hydrogen-bond donors (Lipinski definition) is 1. The lowest BCUT2D eigenvalue weighted by Gasteiger charge is -2.10. The smallest absolute Gasteiger partial charge is 0.309 e. The maximum Gasteiger partial charge on any atom is 0.329 e. The number of nitrogens with one attached hydrogen (secondary N) is 1. The highest BCUT2D eigenvalue weighted by atomic mass is 35.5. The van der Waals surface area contributed by atoms with E-state index in [2.05, 4.69) is 5.32 Å². The molecule has 0 aliphatic carbocycles. The molecule has 0 bridgehead atoms. The zero-order valence-corrected chi connectivity index (χ0v) is 9.14. The summed E-state index contributed by atoms with van der Waals surface area (Å²) >= 11 is 6.10. The number of nitrogens with zero attached hydrogens (tertiary/aromatic N) is 2. The molecular weight excluding hydrogens is 202 g/mol. The van der Waals surface area contributed by atoms with Gasteiger partial charge in [0.1, 0.15) is 5.15 Å². The van der Waals surface area contributed by atoms with Crippen molar-refractivity contribution in [1.29, 1.82) is 0 Å². The molecule has 2 heterocycles. The summed E-state index contributed by atoms with van der Waals surface area (Å²) in [5.41, 5.74) is 0.857. The fourth-order valence-corrected chi connectivity index (χ4v) is 2.35. The minimum atomic E-state index is -0.0568. The van der Waals surface area contributed by atoms with Gasteiger partial charge in [-0.15, -0.1) is 0 Å². The van der Waals surface area contributed by atoms with Crippen LogP contribution in [0.2, 0.25) is 5.15 Å². The summed E-state index contributed by atoms with van der Waals surface area (Å²) in [6, 6.07) is 0.237. The van der Waals surface area contributed by atoms with E-state index < -0.39 is 0 Å². The van der Waals surface area contributed by atoms with Gasteiger partial charge < -0.3 is 5.32 Å². The van der Waals surface area contributed by atoms with Crippen LogP contribution in [0.25, 0.3) is 0 Å². The molecule has 1 aliphatic rings. The van der Waals surface area contributed by atoms with Gasteiger partial charge in [0.2, 0.25) is 0 Å². The van der Waals surface area contributed by atoms with Gasteiger partial charge in [-0.05, 0) is 19.4 Å². The average molecular weight is 216 g/mol. The standard InChI is InChI=1S/C9H14ClN3O/c1-12-7(6-4-3-5-11-6)8(10)13(2)9(12)14/h6,11H,3-5H2,1-2H3. The normalized spacial score (nSPS) is 21.8. The van der Waals surface area contributed by atoms with Crippen molar-refractivity contribution in [3.05, 3.63) is 21.3 Å². The quantitative estimate of drug-likeness (QED) is 0.753. The molecule has 4 nitrogen and oxygen atoms in total. The Kier molecular flexibility index (Phi) is 2.41. The zero-order chi connectivity index (χ0) is 10.3. The van der Waals surface area contributed by atoms with E-state index >= 15 is 0 Å². The van der Waals surface area contributed by atoms with E-state index in [9.17, 15) is 4.79 Å². The molecule has 1 fully saturated rings. The van der Waals surface area contributed by atoms with E-state index in [1.165, 1.54) is 4.57 Å². The molecule has 0 amide bonds. The highest BCUT2D eigenvalue weighted by Crippen LogP contribution is 2.27. The third-order valence-corrected chi connectivity index (χ3v) is 3.28. The first-order valence-electron chi connectivity index (χ1n) is 4.77. The Hall–Kier alpha value is -0.740. The summed E-state index contributed by atoms with van der Waals surface area (Å²) in [6.07, 6.45) is 2.20. The predicted molar refractivity (Wildman–Crippen MR) is 55.6 cm³/mol. The summed E-state index contributed by atoms with van der Waals surface area (Å²) in [5.74, 6) is 0. The van der Waals surface area contributed by atoms with Crippen LogP contribution in [0, 0.1) is 0 Å². The van der Waals surface area contributed by atoms with Crippen LogP contribution < -0.4 is 11.0 Å². The largest absolute Gasteiger partial charge is 0.329 e. The van der Waals surface area contributed by atoms with Crippen molar-refractivity contribution in [2.24, 2.45) is 14.1 Å². The topological polar surface area (TPSA) is 39.0 Å². The van der Waals surface area contributed by atoms with E-state index in [0.717, 1.165) is 25.1 Å². The monoisotopic (exact) mass is 215 g/mol. The van der Waals surface area contributed by atoms with Gasteiger partial charge >= 0.3 is 5.69 Å². The van der Waals surface area contributed by atoms with Crippen LogP contribution in [-0.2, 0) is 14.1 Å². The van der Waals surface area contributed by atoms with E-state index in [-0.39, 0.29) is 11.7 Å². The Morgan fingerprint density at radius 3 is 2.57 bits per heavy atom. The maximum atomic E-state index is 11.6. The first-order valence-corrected chi connectivity index (χ1v) is 5.15. The molecule has 14 heavy (non-hydrogen) atoms. The molecule has 1 aliphatic heterocycles. The van der Waals surface area contributed by atoms with Crippen molar-refractivity contribution in [1.82, 2.24) is 14.5 Å². The van der Waals surface area contributed by atoms with Crippen LogP contribution in [0.15, 0.2) is 4.79 Å². The van der Waals surface area contributed by atoms with Gasteiger partial charge in [0.05, 0.1) is 11.7 Å². The van der Waals surface area contributed by atoms with Crippen LogP contribution >= 0.6 is 11.6 Å². The van der Waals surface area contributed by atoms with Gasteiger partial charge in [-0.1, -0.05) is 11.6 Å². The lowest BCUT2D eigenvalue weighted by atomic mass is 10.2. The molecule has 1 atom stereocenters. The Bertz CT molecular complexity index is 401. The maximum absolute atomic E-state index is 11.6. The number of imidazole rings is 1. The molecule has 2 rings (SSSR count). The summed E-state index contributed by atoms with van der Waals surface area (Å²) in [7, 11) is 3.46. The molecule has 0 saturated carbocycles. The zero-order valence-electron chi connectivity index (χ0n) is 8.38. The Labute approximate surface area is 87.5 Å². The van der Waals surface area contributed by atoms with Gasteiger partial charge in [-0.3, -0.25) is 9.13 Å². The number of aromatic nitrogens is 2. The van der Waals surface area contributed by atoms with Crippen molar-refractivity contribution < 1.29 is 0 Å². The first kappa shape index (κ1) is 9.80. The second-order valence-electron chi connectivity index (χ2n) is 3.73. The third-order valence-electron chi connectivity index (χ3n) is 2.83. The highest BCUT2D eigenvalue weighted by molar-refractivity contribution is 6.30. The second kappa shape index (κ2) is 3.44. The molecule has 1 aromatic heterocycles. The predicted octanol–water partition coefficient (Wildman–Crippen LogP) is 0.802. The SMILES string of the molecule is Cn1c(Cl)c(C2CCCN2)n(C)c1=O. The molecule has 1 N–H and O–H groups in total. The third kappa shape index (κ3) is 1.29. The van der Waals surface area contributed by atoms with E-state index in [1.807, 2.05) is 0 Å². The van der Waals surface area contributed by atoms with Gasteiger partial charge in [0.25, 0.3) is 0 Å². The van der Waals surface area contributed by atoms with Crippen molar-refractivity contribution in [3.8, 4) is 0 Å². The fourth-order valence-electron chi connectivity index (χ4n) is 2.02. The average Bonchev–Trinajstić information content (AvgIpc) is 2.73. The fraction of sp³-hybridized carbons (Fsp3) is 0.667. The highest BCUT2D eigenvalue weighted by Gasteiger charge is 2.24. The first-order chi connectivity index (χ1) is 6.63. The number of halogens is 1. The van der Waals surface area contributed by atoms with Crippen molar-refractivity contribution in [2.75, 3.05) is 6.54 Å². The van der Waals surface area contributed by atoms with Crippen molar-refractivity contribution in [2.45, 2.75) is 18.9 Å². The van der Waals surface area contributed by atoms with Crippen LogP contribution in [0.1, 0.15) is 24.6 Å². The number of rotatable bonds is 1. The molecular formula is C9H14ClN3O. The summed E-state index contributed by atoms with van der Waals surface area (Å²) in [4.78, 5) is 11.6. The lowest BCUT2D eigenvalue weighted by Crippen LogP contribution is -2.23. The summed E-state index contributed by atoms with van der Waals surface area (Å²) in [5, 5.41) is 3.89. The van der Waals surface area contributed by atoms with Crippen LogP contribution in [-0.4, -0.2) is 15.7 Å². The van der Waals surface area contributed by atoms with Crippen LogP contribution in [0.5, 0.6) is 0 Å². The molecule has 1 aromatic rings. The van der Waals surface area contributed by atoms with Crippen LogP contribution in [0.4, 0.5) is 0 Å². The number of hydrogen-bond acceptors (Lipinski definition) is 2. The molecule has 78 valence electrons. The molecule has 5 heteroatoms. The Balaban J connectivity index is 2.51. The molecule has 1 saturated heterocycles. The second-order valence-corrected chi connectivity index (χ2v) is 4.08.